The Morgan fingerprint density at radius 1 is 1.03 bits per heavy atom. The van der Waals surface area contributed by atoms with Crippen LogP contribution in [-0.4, -0.2) is 63.6 Å². The van der Waals surface area contributed by atoms with E-state index < -0.39 is 11.8 Å². The van der Waals surface area contributed by atoms with Crippen LogP contribution in [0.15, 0.2) is 42.5 Å². The first kappa shape index (κ1) is 22.9. The zero-order chi connectivity index (χ0) is 22.2. The van der Waals surface area contributed by atoms with Crippen LogP contribution in [0.3, 0.4) is 0 Å². The van der Waals surface area contributed by atoms with Crippen molar-refractivity contribution in [3.8, 4) is 5.75 Å². The standard InChI is InChI=1S/C23H29ClN4O3/c1-27-12-14-28(15-13-27)19-8-5-17(6-9-19)4-3-11-25-22(29)23(30)26-20-16-18(24)7-10-21(20)31-2/h5-10,16H,3-4,11-15H2,1-2H3,(H,25,29)(H,26,30). The minimum absolute atomic E-state index is 0.357. The quantitative estimate of drug-likeness (QED) is 0.507. The van der Waals surface area contributed by atoms with Gasteiger partial charge in [0.15, 0.2) is 0 Å². The Balaban J connectivity index is 1.40. The number of ether oxygens (including phenoxy) is 1. The van der Waals surface area contributed by atoms with Gasteiger partial charge in [0, 0.05) is 43.4 Å². The van der Waals surface area contributed by atoms with Gasteiger partial charge in [-0.25, -0.2) is 0 Å². The molecule has 1 aliphatic heterocycles. The van der Waals surface area contributed by atoms with Gasteiger partial charge >= 0.3 is 11.8 Å². The second kappa shape index (κ2) is 11.0. The van der Waals surface area contributed by atoms with E-state index in [1.807, 2.05) is 0 Å². The second-order valence-electron chi connectivity index (χ2n) is 7.61. The molecule has 3 rings (SSSR count). The van der Waals surface area contributed by atoms with Crippen LogP contribution in [-0.2, 0) is 16.0 Å². The molecule has 2 N–H and O–H groups in total. The van der Waals surface area contributed by atoms with Crippen LogP contribution in [0.5, 0.6) is 5.75 Å². The SMILES string of the molecule is COc1ccc(Cl)cc1NC(=O)C(=O)NCCCc1ccc(N2CCN(C)CC2)cc1. The molecule has 0 saturated carbocycles. The lowest BCUT2D eigenvalue weighted by atomic mass is 10.1. The van der Waals surface area contributed by atoms with Crippen molar-refractivity contribution in [2.24, 2.45) is 0 Å². The predicted molar refractivity (Wildman–Crippen MR) is 124 cm³/mol. The molecule has 1 aliphatic rings. The molecule has 1 saturated heterocycles. The maximum absolute atomic E-state index is 12.1. The molecule has 31 heavy (non-hydrogen) atoms. The molecule has 2 amide bonds. The van der Waals surface area contributed by atoms with Gasteiger partial charge in [-0.05, 0) is 55.8 Å². The maximum atomic E-state index is 12.1. The molecular formula is C23H29ClN4O3. The Morgan fingerprint density at radius 3 is 2.42 bits per heavy atom. The van der Waals surface area contributed by atoms with Gasteiger partial charge in [0.2, 0.25) is 0 Å². The van der Waals surface area contributed by atoms with Crippen molar-refractivity contribution in [3.63, 3.8) is 0 Å². The number of benzene rings is 2. The van der Waals surface area contributed by atoms with Crippen molar-refractivity contribution in [1.82, 2.24) is 10.2 Å². The number of hydrogen-bond acceptors (Lipinski definition) is 5. The summed E-state index contributed by atoms with van der Waals surface area (Å²) >= 11 is 5.95. The number of carbonyl (C=O) groups excluding carboxylic acids is 2. The topological polar surface area (TPSA) is 73.9 Å². The number of likely N-dealkylation sites (N-methyl/N-ethyl adjacent to an activating group) is 1. The Bertz CT molecular complexity index is 896. The van der Waals surface area contributed by atoms with Gasteiger partial charge in [0.25, 0.3) is 0 Å². The largest absolute Gasteiger partial charge is 0.495 e. The van der Waals surface area contributed by atoms with Gasteiger partial charge in [-0.2, -0.15) is 0 Å². The Kier molecular flexibility index (Phi) is 8.14. The second-order valence-corrected chi connectivity index (χ2v) is 8.05. The van der Waals surface area contributed by atoms with Crippen molar-refractivity contribution in [2.75, 3.05) is 57.1 Å². The molecule has 0 aliphatic carbocycles. The van der Waals surface area contributed by atoms with Crippen LogP contribution in [0.25, 0.3) is 0 Å². The molecule has 8 heteroatoms. The van der Waals surface area contributed by atoms with E-state index in [1.165, 1.54) is 24.4 Å². The molecule has 0 radical (unpaired) electrons. The van der Waals surface area contributed by atoms with Crippen molar-refractivity contribution in [3.05, 3.63) is 53.1 Å². The first-order chi connectivity index (χ1) is 15.0. The van der Waals surface area contributed by atoms with Crippen LogP contribution in [0.1, 0.15) is 12.0 Å². The highest BCUT2D eigenvalue weighted by Gasteiger charge is 2.16. The van der Waals surface area contributed by atoms with Gasteiger partial charge in [-0.3, -0.25) is 9.59 Å². The summed E-state index contributed by atoms with van der Waals surface area (Å²) in [5.41, 5.74) is 2.81. The third-order valence-electron chi connectivity index (χ3n) is 5.35. The van der Waals surface area contributed by atoms with Gasteiger partial charge in [-0.1, -0.05) is 23.7 Å². The third kappa shape index (κ3) is 6.60. The van der Waals surface area contributed by atoms with E-state index in [0.717, 1.165) is 39.0 Å². The number of hydrogen-bond donors (Lipinski definition) is 2. The molecular weight excluding hydrogens is 416 g/mol. The first-order valence-electron chi connectivity index (χ1n) is 10.4. The summed E-state index contributed by atoms with van der Waals surface area (Å²) in [5, 5.41) is 5.63. The molecule has 0 spiro atoms. The zero-order valence-corrected chi connectivity index (χ0v) is 18.7. The fourth-order valence-corrected chi connectivity index (χ4v) is 3.64. The fourth-order valence-electron chi connectivity index (χ4n) is 3.47. The lowest BCUT2D eigenvalue weighted by Gasteiger charge is -2.34. The summed E-state index contributed by atoms with van der Waals surface area (Å²) in [6.07, 6.45) is 1.57. The lowest BCUT2D eigenvalue weighted by molar-refractivity contribution is -0.136. The fraction of sp³-hybridized carbons (Fsp3) is 0.391. The number of methoxy groups -OCH3 is 1. The van der Waals surface area contributed by atoms with Gasteiger partial charge in [0.05, 0.1) is 12.8 Å². The molecule has 7 nitrogen and oxygen atoms in total. The van der Waals surface area contributed by atoms with Crippen molar-refractivity contribution >= 4 is 34.8 Å². The van der Waals surface area contributed by atoms with Crippen LogP contribution < -0.4 is 20.3 Å². The van der Waals surface area contributed by atoms with E-state index >= 15 is 0 Å². The third-order valence-corrected chi connectivity index (χ3v) is 5.58. The number of piperazine rings is 1. The summed E-state index contributed by atoms with van der Waals surface area (Å²) in [4.78, 5) is 29.0. The van der Waals surface area contributed by atoms with E-state index in [9.17, 15) is 9.59 Å². The number of halogens is 1. The molecule has 166 valence electrons. The smallest absolute Gasteiger partial charge is 0.313 e. The maximum Gasteiger partial charge on any atom is 0.313 e. The van der Waals surface area contributed by atoms with E-state index in [2.05, 4.69) is 51.7 Å². The molecule has 0 atom stereocenters. The Labute approximate surface area is 188 Å². The molecule has 0 unspecified atom stereocenters. The molecule has 0 aromatic heterocycles. The highest BCUT2D eigenvalue weighted by molar-refractivity contribution is 6.40. The van der Waals surface area contributed by atoms with E-state index in [4.69, 9.17) is 16.3 Å². The summed E-state index contributed by atoms with van der Waals surface area (Å²) in [7, 11) is 3.63. The predicted octanol–water partition coefficient (Wildman–Crippen LogP) is 2.79. The normalized spacial score (nSPS) is 14.2. The molecule has 1 fully saturated rings. The molecule has 2 aromatic rings. The number of carbonyl (C=O) groups is 2. The summed E-state index contributed by atoms with van der Waals surface area (Å²) < 4.78 is 5.17. The van der Waals surface area contributed by atoms with Crippen LogP contribution >= 0.6 is 11.6 Å². The van der Waals surface area contributed by atoms with E-state index in [1.54, 1.807) is 12.1 Å². The summed E-state index contributed by atoms with van der Waals surface area (Å²) in [6, 6.07) is 13.4. The van der Waals surface area contributed by atoms with Crippen molar-refractivity contribution in [2.45, 2.75) is 12.8 Å². The van der Waals surface area contributed by atoms with E-state index in [0.29, 0.717) is 23.0 Å². The van der Waals surface area contributed by atoms with Crippen molar-refractivity contribution < 1.29 is 14.3 Å². The van der Waals surface area contributed by atoms with Gasteiger partial charge in [0.1, 0.15) is 5.75 Å². The minimum atomic E-state index is -0.753. The molecule has 1 heterocycles. The van der Waals surface area contributed by atoms with Crippen molar-refractivity contribution in [1.29, 1.82) is 0 Å². The number of nitrogens with zero attached hydrogens (tertiary/aromatic N) is 2. The summed E-state index contributed by atoms with van der Waals surface area (Å²) in [5.74, 6) is -1.00. The average molecular weight is 445 g/mol. The van der Waals surface area contributed by atoms with Gasteiger partial charge in [-0.15, -0.1) is 0 Å². The van der Waals surface area contributed by atoms with E-state index in [-0.39, 0.29) is 0 Å². The zero-order valence-electron chi connectivity index (χ0n) is 18.0. The Hall–Kier alpha value is -2.77. The van der Waals surface area contributed by atoms with Crippen LogP contribution in [0.2, 0.25) is 5.02 Å². The number of anilines is 2. The number of aryl methyl sites for hydroxylation is 1. The first-order valence-corrected chi connectivity index (χ1v) is 10.8. The highest BCUT2D eigenvalue weighted by atomic mass is 35.5. The summed E-state index contributed by atoms with van der Waals surface area (Å²) in [6.45, 7) is 4.67. The highest BCUT2D eigenvalue weighted by Crippen LogP contribution is 2.27. The van der Waals surface area contributed by atoms with Gasteiger partial charge < -0.3 is 25.2 Å². The number of rotatable bonds is 7. The number of amides is 2. The lowest BCUT2D eigenvalue weighted by Crippen LogP contribution is -2.44. The minimum Gasteiger partial charge on any atom is -0.495 e. The molecule has 0 bridgehead atoms. The average Bonchev–Trinajstić information content (AvgIpc) is 2.77. The van der Waals surface area contributed by atoms with Crippen LogP contribution in [0.4, 0.5) is 11.4 Å². The number of nitrogens with one attached hydrogen (secondary N) is 2. The monoisotopic (exact) mass is 444 g/mol. The molecule has 2 aromatic carbocycles. The van der Waals surface area contributed by atoms with Crippen LogP contribution in [0, 0.1) is 0 Å². The Morgan fingerprint density at radius 2 is 1.74 bits per heavy atom.